The molecule has 3 aromatic heterocycles. The first-order valence-electron chi connectivity index (χ1n) is 8.45. The van der Waals surface area contributed by atoms with Crippen molar-refractivity contribution >= 4 is 17.2 Å². The van der Waals surface area contributed by atoms with Crippen molar-refractivity contribution in [1.82, 2.24) is 15.0 Å². The van der Waals surface area contributed by atoms with E-state index in [1.165, 1.54) is 16.1 Å². The lowest BCUT2D eigenvalue weighted by Gasteiger charge is -2.19. The zero-order valence-corrected chi connectivity index (χ0v) is 14.5. The Balaban J connectivity index is 1.73. The van der Waals surface area contributed by atoms with Gasteiger partial charge in [-0.25, -0.2) is 9.97 Å². The Kier molecular flexibility index (Phi) is 4.26. The Morgan fingerprint density at radius 2 is 2.04 bits per heavy atom. The van der Waals surface area contributed by atoms with Crippen LogP contribution in [0, 0.1) is 0 Å². The van der Waals surface area contributed by atoms with Crippen molar-refractivity contribution in [3.8, 4) is 11.4 Å². The second-order valence-electron chi connectivity index (χ2n) is 6.03. The molecule has 1 N–H and O–H groups in total. The highest BCUT2D eigenvalue weighted by Crippen LogP contribution is 2.33. The Morgan fingerprint density at radius 1 is 1.17 bits per heavy atom. The van der Waals surface area contributed by atoms with Crippen LogP contribution in [0.25, 0.3) is 11.4 Å². The third kappa shape index (κ3) is 2.91. The average Bonchev–Trinajstić information content (AvgIpc) is 3.31. The fourth-order valence-electron chi connectivity index (χ4n) is 3.21. The Labute approximate surface area is 146 Å². The predicted molar refractivity (Wildman–Crippen MR) is 98.3 cm³/mol. The number of aryl methyl sites for hydroxylation is 1. The van der Waals surface area contributed by atoms with Crippen molar-refractivity contribution in [2.45, 2.75) is 38.6 Å². The van der Waals surface area contributed by atoms with Gasteiger partial charge in [0.25, 0.3) is 0 Å². The van der Waals surface area contributed by atoms with Crippen molar-refractivity contribution in [1.29, 1.82) is 0 Å². The molecular formula is C19H20N4S. The van der Waals surface area contributed by atoms with Gasteiger partial charge in [0.2, 0.25) is 0 Å². The summed E-state index contributed by atoms with van der Waals surface area (Å²) in [6.07, 6.45) is 7.88. The van der Waals surface area contributed by atoms with E-state index in [1.807, 2.05) is 12.1 Å². The van der Waals surface area contributed by atoms with Crippen molar-refractivity contribution in [3.05, 3.63) is 58.2 Å². The first kappa shape index (κ1) is 15.3. The summed E-state index contributed by atoms with van der Waals surface area (Å²) < 4.78 is 0. The topological polar surface area (TPSA) is 50.7 Å². The number of hydrogen-bond acceptors (Lipinski definition) is 5. The summed E-state index contributed by atoms with van der Waals surface area (Å²) in [5.74, 6) is 1.80. The predicted octanol–water partition coefficient (Wildman–Crippen LogP) is 4.65. The summed E-state index contributed by atoms with van der Waals surface area (Å²) in [5, 5.41) is 5.82. The first-order valence-corrected chi connectivity index (χ1v) is 9.33. The van der Waals surface area contributed by atoms with Crippen LogP contribution in [0.3, 0.4) is 0 Å². The highest BCUT2D eigenvalue weighted by atomic mass is 32.1. The normalized spacial score (nSPS) is 14.4. The van der Waals surface area contributed by atoms with Crippen LogP contribution in [0.2, 0.25) is 0 Å². The molecule has 4 rings (SSSR count). The van der Waals surface area contributed by atoms with Gasteiger partial charge in [-0.15, -0.1) is 11.3 Å². The van der Waals surface area contributed by atoms with Gasteiger partial charge in [-0.05, 0) is 49.3 Å². The van der Waals surface area contributed by atoms with E-state index in [0.29, 0.717) is 6.04 Å². The number of anilines is 1. The van der Waals surface area contributed by atoms with E-state index in [0.717, 1.165) is 42.9 Å². The third-order valence-electron chi connectivity index (χ3n) is 4.48. The van der Waals surface area contributed by atoms with Crippen molar-refractivity contribution in [3.63, 3.8) is 0 Å². The summed E-state index contributed by atoms with van der Waals surface area (Å²) in [7, 11) is 0. The summed E-state index contributed by atoms with van der Waals surface area (Å²) in [6, 6.07) is 8.54. The van der Waals surface area contributed by atoms with E-state index in [-0.39, 0.29) is 0 Å². The molecule has 0 amide bonds. The van der Waals surface area contributed by atoms with Crippen molar-refractivity contribution < 1.29 is 0 Å². The van der Waals surface area contributed by atoms with Gasteiger partial charge < -0.3 is 5.32 Å². The van der Waals surface area contributed by atoms with Gasteiger partial charge in [-0.2, -0.15) is 0 Å². The van der Waals surface area contributed by atoms with Gasteiger partial charge in [0, 0.05) is 34.1 Å². The Bertz CT molecular complexity index is 815. The molecule has 3 aromatic rings. The van der Waals surface area contributed by atoms with Gasteiger partial charge >= 0.3 is 0 Å². The molecule has 0 aliphatic heterocycles. The number of pyridine rings is 1. The molecule has 0 radical (unpaired) electrons. The number of hydrogen-bond donors (Lipinski definition) is 1. The van der Waals surface area contributed by atoms with Gasteiger partial charge in [0.05, 0.1) is 6.04 Å². The number of fused-ring (bicyclic) bond motifs is 1. The number of nitrogens with zero attached hydrogens (tertiary/aromatic N) is 3. The molecule has 0 fully saturated rings. The third-order valence-corrected chi connectivity index (χ3v) is 5.46. The number of aromatic nitrogens is 3. The molecule has 3 heterocycles. The second kappa shape index (κ2) is 6.69. The van der Waals surface area contributed by atoms with Crippen LogP contribution < -0.4 is 5.32 Å². The van der Waals surface area contributed by atoms with Crippen LogP contribution in [-0.4, -0.2) is 15.0 Å². The van der Waals surface area contributed by atoms with E-state index in [4.69, 9.17) is 9.97 Å². The first-order chi connectivity index (χ1) is 11.8. The van der Waals surface area contributed by atoms with Crippen LogP contribution in [-0.2, 0) is 12.8 Å². The zero-order valence-electron chi connectivity index (χ0n) is 13.7. The second-order valence-corrected chi connectivity index (χ2v) is 7.01. The lowest BCUT2D eigenvalue weighted by molar-refractivity contribution is 0.755. The molecule has 1 aliphatic carbocycles. The fourth-order valence-corrected chi connectivity index (χ4v) is 4.07. The number of rotatable bonds is 5. The lowest BCUT2D eigenvalue weighted by atomic mass is 10.1. The summed E-state index contributed by atoms with van der Waals surface area (Å²) in [6.45, 7) is 2.21. The van der Waals surface area contributed by atoms with E-state index in [1.54, 1.807) is 23.7 Å². The fraction of sp³-hybridized carbons (Fsp3) is 0.316. The summed E-state index contributed by atoms with van der Waals surface area (Å²) in [4.78, 5) is 15.1. The van der Waals surface area contributed by atoms with E-state index < -0.39 is 0 Å². The molecule has 0 saturated heterocycles. The molecule has 5 heteroatoms. The molecule has 1 aliphatic rings. The van der Waals surface area contributed by atoms with E-state index in [9.17, 15) is 0 Å². The van der Waals surface area contributed by atoms with Gasteiger partial charge in [-0.1, -0.05) is 13.0 Å². The molecule has 0 aromatic carbocycles. The Hall–Kier alpha value is -2.27. The van der Waals surface area contributed by atoms with Gasteiger partial charge in [0.15, 0.2) is 5.82 Å². The molecule has 0 saturated carbocycles. The molecule has 122 valence electrons. The summed E-state index contributed by atoms with van der Waals surface area (Å²) in [5.41, 5.74) is 3.51. The van der Waals surface area contributed by atoms with Crippen LogP contribution >= 0.6 is 11.3 Å². The maximum Gasteiger partial charge on any atom is 0.161 e. The molecule has 1 atom stereocenters. The quantitative estimate of drug-likeness (QED) is 0.737. The van der Waals surface area contributed by atoms with Crippen LogP contribution in [0.1, 0.15) is 41.9 Å². The smallest absolute Gasteiger partial charge is 0.161 e. The standard InChI is InChI=1S/C19H20N4S/c1-2-15(17-7-4-12-24-17)21-19-14-5-3-6-16(14)22-18(23-19)13-8-10-20-11-9-13/h4,7-12,15H,2-3,5-6H2,1H3,(H,21,22,23). The SMILES string of the molecule is CCC(Nc1nc(-c2ccncc2)nc2c1CCC2)c1cccs1. The Morgan fingerprint density at radius 3 is 2.79 bits per heavy atom. The maximum absolute atomic E-state index is 4.87. The van der Waals surface area contributed by atoms with Crippen LogP contribution in [0.4, 0.5) is 5.82 Å². The number of thiophene rings is 1. The minimum atomic E-state index is 0.301. The molecule has 4 nitrogen and oxygen atoms in total. The summed E-state index contributed by atoms with van der Waals surface area (Å²) >= 11 is 1.79. The lowest BCUT2D eigenvalue weighted by Crippen LogP contribution is -2.12. The minimum Gasteiger partial charge on any atom is -0.362 e. The number of nitrogens with one attached hydrogen (secondary N) is 1. The zero-order chi connectivity index (χ0) is 16.4. The molecule has 0 spiro atoms. The van der Waals surface area contributed by atoms with Crippen molar-refractivity contribution in [2.24, 2.45) is 0 Å². The molecule has 24 heavy (non-hydrogen) atoms. The van der Waals surface area contributed by atoms with E-state index in [2.05, 4.69) is 34.7 Å². The van der Waals surface area contributed by atoms with Crippen molar-refractivity contribution in [2.75, 3.05) is 5.32 Å². The molecular weight excluding hydrogens is 316 g/mol. The van der Waals surface area contributed by atoms with Crippen LogP contribution in [0.5, 0.6) is 0 Å². The molecule has 1 unspecified atom stereocenters. The van der Waals surface area contributed by atoms with Gasteiger partial charge in [0.1, 0.15) is 5.82 Å². The monoisotopic (exact) mass is 336 g/mol. The van der Waals surface area contributed by atoms with Crippen LogP contribution in [0.15, 0.2) is 42.0 Å². The highest BCUT2D eigenvalue weighted by Gasteiger charge is 2.22. The van der Waals surface area contributed by atoms with Gasteiger partial charge in [-0.3, -0.25) is 4.98 Å². The minimum absolute atomic E-state index is 0.301. The van der Waals surface area contributed by atoms with E-state index >= 15 is 0 Å². The maximum atomic E-state index is 4.87. The molecule has 0 bridgehead atoms. The highest BCUT2D eigenvalue weighted by molar-refractivity contribution is 7.10. The largest absolute Gasteiger partial charge is 0.362 e. The average molecular weight is 336 g/mol.